The van der Waals surface area contributed by atoms with Gasteiger partial charge in [0.25, 0.3) is 10.2 Å². The Labute approximate surface area is 103 Å². The van der Waals surface area contributed by atoms with E-state index in [0.717, 1.165) is 17.1 Å². The van der Waals surface area contributed by atoms with E-state index in [4.69, 9.17) is 5.11 Å². The number of unbranched alkanes of at least 4 members (excludes halogenated alkanes) is 1. The van der Waals surface area contributed by atoms with Crippen LogP contribution in [0.15, 0.2) is 0 Å². The number of carbonyl (C=O) groups is 1. The number of carboxylic acid groups (broad SMARTS) is 1. The van der Waals surface area contributed by atoms with Gasteiger partial charge in [-0.3, -0.25) is 4.79 Å². The van der Waals surface area contributed by atoms with E-state index >= 15 is 0 Å². The molecule has 0 radical (unpaired) electrons. The normalized spacial score (nSPS) is 14.2. The highest BCUT2D eigenvalue weighted by Crippen LogP contribution is 2.06. The zero-order chi connectivity index (χ0) is 13.6. The van der Waals surface area contributed by atoms with Crippen molar-refractivity contribution in [3.63, 3.8) is 0 Å². The molecule has 0 rings (SSSR count). The van der Waals surface area contributed by atoms with Crippen molar-refractivity contribution in [1.82, 2.24) is 9.03 Å². The summed E-state index contributed by atoms with van der Waals surface area (Å²) in [5.41, 5.74) is 0. The first-order valence-electron chi connectivity index (χ1n) is 5.68. The highest BCUT2D eigenvalue weighted by molar-refractivity contribution is 7.87. The van der Waals surface area contributed by atoms with E-state index in [1.165, 1.54) is 7.05 Å². The molecule has 1 atom stereocenters. The number of hydrogen-bond donors (Lipinski definition) is 2. The van der Waals surface area contributed by atoms with Gasteiger partial charge in [0.2, 0.25) is 0 Å². The molecule has 17 heavy (non-hydrogen) atoms. The highest BCUT2D eigenvalue weighted by atomic mass is 32.2. The van der Waals surface area contributed by atoms with E-state index in [0.29, 0.717) is 6.54 Å². The molecule has 1 unspecified atom stereocenters. The molecular weight excluding hydrogens is 244 g/mol. The first-order valence-corrected chi connectivity index (χ1v) is 7.12. The van der Waals surface area contributed by atoms with E-state index in [2.05, 4.69) is 4.72 Å². The smallest absolute Gasteiger partial charge is 0.322 e. The lowest BCUT2D eigenvalue weighted by atomic mass is 10.1. The summed E-state index contributed by atoms with van der Waals surface area (Å²) >= 11 is 0. The summed E-state index contributed by atoms with van der Waals surface area (Å²) in [6.07, 6.45) is 1.63. The zero-order valence-corrected chi connectivity index (χ0v) is 11.6. The minimum atomic E-state index is -3.72. The monoisotopic (exact) mass is 266 g/mol. The molecule has 0 spiro atoms. The zero-order valence-electron chi connectivity index (χ0n) is 10.8. The fourth-order valence-corrected chi connectivity index (χ4v) is 2.47. The number of rotatable bonds is 8. The molecule has 0 heterocycles. The fourth-order valence-electron chi connectivity index (χ4n) is 1.22. The van der Waals surface area contributed by atoms with Gasteiger partial charge in [-0.2, -0.15) is 17.4 Å². The van der Waals surface area contributed by atoms with E-state index in [-0.39, 0.29) is 5.92 Å². The van der Waals surface area contributed by atoms with Crippen molar-refractivity contribution in [3.8, 4) is 0 Å². The first kappa shape index (κ1) is 16.3. The molecule has 0 saturated carbocycles. The van der Waals surface area contributed by atoms with Crippen LogP contribution in [-0.4, -0.2) is 43.4 Å². The molecular formula is C10H22N2O4S. The van der Waals surface area contributed by atoms with Gasteiger partial charge in [-0.15, -0.1) is 0 Å². The van der Waals surface area contributed by atoms with Crippen molar-refractivity contribution in [3.05, 3.63) is 0 Å². The van der Waals surface area contributed by atoms with E-state index in [9.17, 15) is 13.2 Å². The minimum Gasteiger partial charge on any atom is -0.480 e. The third kappa shape index (κ3) is 5.47. The quantitative estimate of drug-likeness (QED) is 0.675. The van der Waals surface area contributed by atoms with Crippen LogP contribution in [0.25, 0.3) is 0 Å². The summed E-state index contributed by atoms with van der Waals surface area (Å²) in [6.45, 7) is 5.67. The minimum absolute atomic E-state index is 0.304. The third-order valence-corrected chi connectivity index (χ3v) is 4.00. The van der Waals surface area contributed by atoms with Gasteiger partial charge < -0.3 is 5.11 Å². The molecule has 0 aromatic carbocycles. The van der Waals surface area contributed by atoms with Crippen molar-refractivity contribution in [2.24, 2.45) is 5.92 Å². The standard InChI is InChI=1S/C10H22N2O4S/c1-5-6-7-12(4)17(15,16)11-9(8(2)3)10(13)14/h8-9,11H,5-7H2,1-4H3,(H,13,14). The van der Waals surface area contributed by atoms with E-state index < -0.39 is 22.2 Å². The third-order valence-electron chi connectivity index (χ3n) is 2.45. The Morgan fingerprint density at radius 1 is 1.41 bits per heavy atom. The molecule has 0 aromatic heterocycles. The van der Waals surface area contributed by atoms with Crippen molar-refractivity contribution >= 4 is 16.2 Å². The summed E-state index contributed by atoms with van der Waals surface area (Å²) in [7, 11) is -2.28. The van der Waals surface area contributed by atoms with Crippen LogP contribution in [0, 0.1) is 5.92 Å². The SMILES string of the molecule is CCCCN(C)S(=O)(=O)NC(C(=O)O)C(C)C. The van der Waals surface area contributed by atoms with E-state index in [1.54, 1.807) is 13.8 Å². The fraction of sp³-hybridized carbons (Fsp3) is 0.900. The second kappa shape index (κ2) is 6.93. The summed E-state index contributed by atoms with van der Waals surface area (Å²) in [6, 6.07) is -1.09. The Morgan fingerprint density at radius 2 is 1.94 bits per heavy atom. The van der Waals surface area contributed by atoms with Crippen LogP contribution < -0.4 is 4.72 Å². The molecule has 0 amide bonds. The van der Waals surface area contributed by atoms with Crippen LogP contribution >= 0.6 is 0 Å². The molecule has 0 aliphatic heterocycles. The number of hydrogen-bond acceptors (Lipinski definition) is 3. The Bertz CT molecular complexity index is 340. The second-order valence-electron chi connectivity index (χ2n) is 4.36. The Balaban J connectivity index is 4.66. The van der Waals surface area contributed by atoms with Crippen LogP contribution in [0.2, 0.25) is 0 Å². The van der Waals surface area contributed by atoms with Crippen LogP contribution in [-0.2, 0) is 15.0 Å². The molecule has 7 heteroatoms. The number of carboxylic acids is 1. The van der Waals surface area contributed by atoms with Crippen LogP contribution in [0.5, 0.6) is 0 Å². The lowest BCUT2D eigenvalue weighted by Crippen LogP contribution is -2.49. The maximum atomic E-state index is 11.8. The molecule has 0 saturated heterocycles. The van der Waals surface area contributed by atoms with Gasteiger partial charge in [0.1, 0.15) is 6.04 Å². The lowest BCUT2D eigenvalue weighted by Gasteiger charge is -2.22. The van der Waals surface area contributed by atoms with Crippen LogP contribution in [0.3, 0.4) is 0 Å². The molecule has 0 aliphatic carbocycles. The van der Waals surface area contributed by atoms with E-state index in [1.807, 2.05) is 6.92 Å². The van der Waals surface area contributed by atoms with Crippen molar-refractivity contribution in [2.45, 2.75) is 39.7 Å². The van der Waals surface area contributed by atoms with Gasteiger partial charge in [0.15, 0.2) is 0 Å². The number of nitrogens with one attached hydrogen (secondary N) is 1. The summed E-state index contributed by atoms with van der Waals surface area (Å²) in [5, 5.41) is 8.92. The number of nitrogens with zero attached hydrogens (tertiary/aromatic N) is 1. The van der Waals surface area contributed by atoms with Crippen LogP contribution in [0.4, 0.5) is 0 Å². The molecule has 102 valence electrons. The average Bonchev–Trinajstić information content (AvgIpc) is 2.21. The van der Waals surface area contributed by atoms with Gasteiger partial charge in [0, 0.05) is 13.6 Å². The summed E-state index contributed by atoms with van der Waals surface area (Å²) in [5.74, 6) is -1.46. The average molecular weight is 266 g/mol. The van der Waals surface area contributed by atoms with Gasteiger partial charge in [-0.1, -0.05) is 27.2 Å². The van der Waals surface area contributed by atoms with Crippen molar-refractivity contribution < 1.29 is 18.3 Å². The van der Waals surface area contributed by atoms with Gasteiger partial charge in [-0.05, 0) is 12.3 Å². The largest absolute Gasteiger partial charge is 0.480 e. The molecule has 0 bridgehead atoms. The highest BCUT2D eigenvalue weighted by Gasteiger charge is 2.28. The Kier molecular flexibility index (Phi) is 6.66. The Morgan fingerprint density at radius 3 is 2.29 bits per heavy atom. The van der Waals surface area contributed by atoms with Crippen molar-refractivity contribution in [1.29, 1.82) is 0 Å². The number of aliphatic carboxylic acids is 1. The molecule has 0 aliphatic rings. The van der Waals surface area contributed by atoms with Crippen LogP contribution in [0.1, 0.15) is 33.6 Å². The summed E-state index contributed by atoms with van der Waals surface area (Å²) in [4.78, 5) is 10.9. The predicted molar refractivity (Wildman–Crippen MR) is 65.9 cm³/mol. The lowest BCUT2D eigenvalue weighted by molar-refractivity contribution is -0.140. The first-order chi connectivity index (χ1) is 7.72. The molecule has 6 nitrogen and oxygen atoms in total. The molecule has 0 fully saturated rings. The summed E-state index contributed by atoms with van der Waals surface area (Å²) < 4.78 is 27.0. The Hall–Kier alpha value is -0.660. The topological polar surface area (TPSA) is 86.7 Å². The van der Waals surface area contributed by atoms with Crippen molar-refractivity contribution in [2.75, 3.05) is 13.6 Å². The molecule has 0 aromatic rings. The maximum absolute atomic E-state index is 11.8. The second-order valence-corrected chi connectivity index (χ2v) is 6.17. The van der Waals surface area contributed by atoms with Gasteiger partial charge in [0.05, 0.1) is 0 Å². The predicted octanol–water partition coefficient (Wildman–Crippen LogP) is 0.662. The van der Waals surface area contributed by atoms with Gasteiger partial charge in [-0.25, -0.2) is 0 Å². The maximum Gasteiger partial charge on any atom is 0.322 e. The molecule has 2 N–H and O–H groups in total. The van der Waals surface area contributed by atoms with Gasteiger partial charge >= 0.3 is 5.97 Å².